The lowest BCUT2D eigenvalue weighted by Gasteiger charge is -2.28. The second-order valence-corrected chi connectivity index (χ2v) is 5.43. The van der Waals surface area contributed by atoms with E-state index in [0.29, 0.717) is 12.6 Å². The van der Waals surface area contributed by atoms with Crippen molar-refractivity contribution >= 4 is 0 Å². The second-order valence-electron chi connectivity index (χ2n) is 5.43. The molecule has 0 aromatic carbocycles. The van der Waals surface area contributed by atoms with E-state index in [1.54, 1.807) is 0 Å². The first-order valence-corrected chi connectivity index (χ1v) is 6.91. The molecule has 0 atom stereocenters. The molecule has 2 fully saturated rings. The number of aromatic hydroxyl groups is 1. The van der Waals surface area contributed by atoms with Gasteiger partial charge in [0.25, 0.3) is 0 Å². The molecule has 2 heterocycles. The van der Waals surface area contributed by atoms with Gasteiger partial charge in [-0.15, -0.1) is 0 Å². The molecule has 5 nitrogen and oxygen atoms in total. The van der Waals surface area contributed by atoms with Gasteiger partial charge < -0.3 is 14.4 Å². The summed E-state index contributed by atoms with van der Waals surface area (Å²) < 4.78 is 7.48. The topological polar surface area (TPSA) is 54.7 Å². The number of nitrogens with zero attached hydrogens (tertiary/aromatic N) is 2. The van der Waals surface area contributed by atoms with Crippen LogP contribution in [-0.2, 0) is 11.3 Å². The first-order valence-electron chi connectivity index (χ1n) is 6.91. The first-order chi connectivity index (χ1) is 9.16. The molecular formula is C14H20N2O3. The van der Waals surface area contributed by atoms with E-state index < -0.39 is 0 Å². The zero-order chi connectivity index (χ0) is 13.4. The molecule has 2 aliphatic rings. The Morgan fingerprint density at radius 2 is 2.05 bits per heavy atom. The van der Waals surface area contributed by atoms with Gasteiger partial charge in [0.1, 0.15) is 0 Å². The number of rotatable bonds is 3. The fourth-order valence-corrected chi connectivity index (χ4v) is 2.76. The summed E-state index contributed by atoms with van der Waals surface area (Å²) in [5.74, 6) is -0.0796. The number of pyridine rings is 1. The molecular weight excluding hydrogens is 244 g/mol. The Morgan fingerprint density at radius 3 is 2.68 bits per heavy atom. The van der Waals surface area contributed by atoms with Crippen LogP contribution in [-0.4, -0.2) is 40.9 Å². The summed E-state index contributed by atoms with van der Waals surface area (Å²) in [6, 6.07) is 2.00. The Bertz CT molecular complexity index is 528. The zero-order valence-electron chi connectivity index (χ0n) is 11.3. The van der Waals surface area contributed by atoms with E-state index in [1.165, 1.54) is 6.07 Å². The largest absolute Gasteiger partial charge is 0.503 e. The third-order valence-corrected chi connectivity index (χ3v) is 3.91. The minimum Gasteiger partial charge on any atom is -0.503 e. The second kappa shape index (κ2) is 4.98. The van der Waals surface area contributed by atoms with Crippen LogP contribution in [0.2, 0.25) is 0 Å². The zero-order valence-corrected chi connectivity index (χ0v) is 11.3. The quantitative estimate of drug-likeness (QED) is 0.886. The summed E-state index contributed by atoms with van der Waals surface area (Å²) >= 11 is 0. The molecule has 0 unspecified atom stereocenters. The van der Waals surface area contributed by atoms with Gasteiger partial charge in [-0.25, -0.2) is 0 Å². The van der Waals surface area contributed by atoms with Gasteiger partial charge in [0, 0.05) is 37.4 Å². The Balaban J connectivity index is 1.95. The third-order valence-electron chi connectivity index (χ3n) is 3.91. The lowest BCUT2D eigenvalue weighted by atomic mass is 10.2. The van der Waals surface area contributed by atoms with Crippen molar-refractivity contribution < 1.29 is 9.84 Å². The van der Waals surface area contributed by atoms with Gasteiger partial charge in [0.05, 0.1) is 18.9 Å². The smallest absolute Gasteiger partial charge is 0.223 e. The van der Waals surface area contributed by atoms with E-state index in [0.717, 1.165) is 50.5 Å². The fourth-order valence-electron chi connectivity index (χ4n) is 2.76. The molecule has 104 valence electrons. The highest BCUT2D eigenvalue weighted by Crippen LogP contribution is 2.38. The Morgan fingerprint density at radius 1 is 1.37 bits per heavy atom. The van der Waals surface area contributed by atoms with E-state index in [9.17, 15) is 9.90 Å². The van der Waals surface area contributed by atoms with E-state index in [-0.39, 0.29) is 11.2 Å². The highest BCUT2D eigenvalue weighted by Gasteiger charge is 2.29. The van der Waals surface area contributed by atoms with Gasteiger partial charge in [-0.05, 0) is 19.8 Å². The van der Waals surface area contributed by atoms with Gasteiger partial charge in [0.15, 0.2) is 5.75 Å². The molecule has 1 aromatic rings. The van der Waals surface area contributed by atoms with Gasteiger partial charge in [0.2, 0.25) is 5.43 Å². The van der Waals surface area contributed by atoms with Crippen LogP contribution in [0, 0.1) is 6.92 Å². The highest BCUT2D eigenvalue weighted by molar-refractivity contribution is 5.31. The third kappa shape index (κ3) is 2.53. The maximum Gasteiger partial charge on any atom is 0.223 e. The van der Waals surface area contributed by atoms with Crippen LogP contribution in [0.4, 0.5) is 0 Å². The minimum atomic E-state index is -0.266. The molecule has 3 rings (SSSR count). The van der Waals surface area contributed by atoms with E-state index in [1.807, 2.05) is 6.92 Å². The van der Waals surface area contributed by atoms with Crippen molar-refractivity contribution in [2.75, 3.05) is 26.3 Å². The normalized spacial score (nSPS) is 20.7. The maximum absolute atomic E-state index is 11.8. The Kier molecular flexibility index (Phi) is 3.33. The number of hydrogen-bond donors (Lipinski definition) is 1. The molecule has 0 amide bonds. The maximum atomic E-state index is 11.8. The first kappa shape index (κ1) is 12.7. The van der Waals surface area contributed by atoms with Crippen LogP contribution in [0.5, 0.6) is 5.75 Å². The van der Waals surface area contributed by atoms with Gasteiger partial charge in [-0.3, -0.25) is 9.69 Å². The lowest BCUT2D eigenvalue weighted by molar-refractivity contribution is 0.0326. The van der Waals surface area contributed by atoms with Crippen molar-refractivity contribution in [3.05, 3.63) is 27.7 Å². The monoisotopic (exact) mass is 264 g/mol. The van der Waals surface area contributed by atoms with Crippen LogP contribution in [0.25, 0.3) is 0 Å². The molecule has 19 heavy (non-hydrogen) atoms. The molecule has 0 spiro atoms. The Hall–Kier alpha value is -1.33. The van der Waals surface area contributed by atoms with Crippen molar-refractivity contribution in [2.45, 2.75) is 32.4 Å². The molecule has 1 aliphatic carbocycles. The molecule has 1 aliphatic heterocycles. The average molecular weight is 264 g/mol. The predicted molar refractivity (Wildman–Crippen MR) is 71.5 cm³/mol. The van der Waals surface area contributed by atoms with Crippen LogP contribution in [0.15, 0.2) is 10.9 Å². The number of morpholine rings is 1. The van der Waals surface area contributed by atoms with Crippen LogP contribution in [0.1, 0.15) is 30.3 Å². The van der Waals surface area contributed by atoms with Gasteiger partial charge in [-0.1, -0.05) is 0 Å². The summed E-state index contributed by atoms with van der Waals surface area (Å²) in [7, 11) is 0. The van der Waals surface area contributed by atoms with Crippen molar-refractivity contribution in [3.63, 3.8) is 0 Å². The summed E-state index contributed by atoms with van der Waals surface area (Å²) in [5, 5.41) is 10.1. The summed E-state index contributed by atoms with van der Waals surface area (Å²) in [5.41, 5.74) is 1.46. The SMILES string of the molecule is Cc1cc(=O)c(O)c(CN2CCOCC2)n1C1CC1. The predicted octanol–water partition coefficient (Wildman–Crippen LogP) is 1.03. The van der Waals surface area contributed by atoms with Crippen molar-refractivity contribution in [1.82, 2.24) is 9.47 Å². The number of aromatic nitrogens is 1. The molecule has 1 aromatic heterocycles. The molecule has 5 heteroatoms. The summed E-state index contributed by atoms with van der Waals surface area (Å²) in [4.78, 5) is 14.0. The van der Waals surface area contributed by atoms with Crippen LogP contribution >= 0.6 is 0 Å². The average Bonchev–Trinajstić information content (AvgIpc) is 3.21. The van der Waals surface area contributed by atoms with Crippen molar-refractivity contribution in [1.29, 1.82) is 0 Å². The van der Waals surface area contributed by atoms with Crippen molar-refractivity contribution in [3.8, 4) is 5.75 Å². The van der Waals surface area contributed by atoms with Gasteiger partial charge in [-0.2, -0.15) is 0 Å². The number of aryl methyl sites for hydroxylation is 1. The number of ether oxygens (including phenoxy) is 1. The number of hydrogen-bond acceptors (Lipinski definition) is 4. The minimum absolute atomic E-state index is 0.0796. The van der Waals surface area contributed by atoms with E-state index in [4.69, 9.17) is 4.74 Å². The fraction of sp³-hybridized carbons (Fsp3) is 0.643. The lowest BCUT2D eigenvalue weighted by Crippen LogP contribution is -2.37. The molecule has 0 bridgehead atoms. The molecule has 1 saturated heterocycles. The van der Waals surface area contributed by atoms with Crippen molar-refractivity contribution in [2.24, 2.45) is 0 Å². The highest BCUT2D eigenvalue weighted by atomic mass is 16.5. The molecule has 0 radical (unpaired) electrons. The molecule has 1 saturated carbocycles. The summed E-state index contributed by atoms with van der Waals surface area (Å²) in [6.07, 6.45) is 2.28. The van der Waals surface area contributed by atoms with E-state index >= 15 is 0 Å². The van der Waals surface area contributed by atoms with Gasteiger partial charge >= 0.3 is 0 Å². The standard InChI is InChI=1S/C14H20N2O3/c1-10-8-13(17)14(18)12(16(10)11-2-3-11)9-15-4-6-19-7-5-15/h8,11,18H,2-7,9H2,1H3. The Labute approximate surface area is 112 Å². The van der Waals surface area contributed by atoms with Crippen LogP contribution in [0.3, 0.4) is 0 Å². The van der Waals surface area contributed by atoms with Crippen LogP contribution < -0.4 is 5.43 Å². The summed E-state index contributed by atoms with van der Waals surface area (Å²) in [6.45, 7) is 5.73. The van der Waals surface area contributed by atoms with E-state index in [2.05, 4.69) is 9.47 Å². The molecule has 1 N–H and O–H groups in total.